The molecule has 0 amide bonds. The summed E-state index contributed by atoms with van der Waals surface area (Å²) in [6.07, 6.45) is 0. The van der Waals surface area contributed by atoms with Crippen LogP contribution in [0.5, 0.6) is 0 Å². The third kappa shape index (κ3) is 1.99. The third-order valence-electron chi connectivity index (χ3n) is 2.24. The highest BCUT2D eigenvalue weighted by molar-refractivity contribution is 6.30. The van der Waals surface area contributed by atoms with Gasteiger partial charge in [-0.2, -0.15) is 0 Å². The number of aromatic amines is 1. The van der Waals surface area contributed by atoms with E-state index in [4.69, 9.17) is 11.6 Å². The largest absolute Gasteiger partial charge is 0.324 e. The fourth-order valence-electron chi connectivity index (χ4n) is 1.54. The van der Waals surface area contributed by atoms with Crippen LogP contribution in [0.25, 0.3) is 11.1 Å². The Labute approximate surface area is 96.7 Å². The summed E-state index contributed by atoms with van der Waals surface area (Å²) >= 11 is 5.82. The molecule has 0 radical (unpaired) electrons. The minimum atomic E-state index is -0.784. The number of hydrogen-bond acceptors (Lipinski definition) is 1. The maximum absolute atomic E-state index is 13.6. The van der Waals surface area contributed by atoms with E-state index in [9.17, 15) is 9.18 Å². The molecule has 0 saturated heterocycles. The average Bonchev–Trinajstić information content (AvgIpc) is 2.23. The fourth-order valence-corrected chi connectivity index (χ4v) is 1.73. The molecular formula is C12H9ClFNO. The van der Waals surface area contributed by atoms with Gasteiger partial charge in [-0.05, 0) is 30.7 Å². The van der Waals surface area contributed by atoms with Crippen LogP contribution in [0.1, 0.15) is 5.69 Å². The van der Waals surface area contributed by atoms with Crippen molar-refractivity contribution in [3.05, 3.63) is 57.2 Å². The van der Waals surface area contributed by atoms with Gasteiger partial charge in [-0.15, -0.1) is 0 Å². The van der Waals surface area contributed by atoms with Crippen molar-refractivity contribution in [2.75, 3.05) is 0 Å². The van der Waals surface area contributed by atoms with E-state index >= 15 is 0 Å². The van der Waals surface area contributed by atoms with Crippen molar-refractivity contribution in [1.82, 2.24) is 4.98 Å². The zero-order valence-corrected chi connectivity index (χ0v) is 9.31. The van der Waals surface area contributed by atoms with E-state index in [0.717, 1.165) is 0 Å². The van der Waals surface area contributed by atoms with Crippen LogP contribution in [0.15, 0.2) is 35.1 Å². The van der Waals surface area contributed by atoms with Crippen LogP contribution in [0.2, 0.25) is 5.02 Å². The lowest BCUT2D eigenvalue weighted by Crippen LogP contribution is -2.13. The number of benzene rings is 1. The van der Waals surface area contributed by atoms with E-state index in [1.807, 2.05) is 0 Å². The van der Waals surface area contributed by atoms with Crippen LogP contribution < -0.4 is 5.56 Å². The van der Waals surface area contributed by atoms with Crippen molar-refractivity contribution in [2.24, 2.45) is 0 Å². The normalized spacial score (nSPS) is 10.4. The Morgan fingerprint density at radius 1 is 1.31 bits per heavy atom. The van der Waals surface area contributed by atoms with E-state index in [1.165, 1.54) is 0 Å². The maximum atomic E-state index is 13.6. The standard InChI is InChI=1S/C12H9ClFNO/c1-7-5-10(11(14)12(16)15-7)8-3-2-4-9(13)6-8/h2-6H,1H3,(H,15,16). The third-order valence-corrected chi connectivity index (χ3v) is 2.48. The zero-order chi connectivity index (χ0) is 11.7. The Kier molecular flexibility index (Phi) is 2.79. The first kappa shape index (κ1) is 10.9. The van der Waals surface area contributed by atoms with Gasteiger partial charge in [0.05, 0.1) is 0 Å². The van der Waals surface area contributed by atoms with Crippen LogP contribution in [0, 0.1) is 12.7 Å². The lowest BCUT2D eigenvalue weighted by Gasteiger charge is -2.04. The van der Waals surface area contributed by atoms with Gasteiger partial charge >= 0.3 is 0 Å². The molecule has 0 unspecified atom stereocenters. The summed E-state index contributed by atoms with van der Waals surface area (Å²) in [5.41, 5.74) is 0.763. The SMILES string of the molecule is Cc1cc(-c2cccc(Cl)c2)c(F)c(=O)[nH]1. The summed E-state index contributed by atoms with van der Waals surface area (Å²) in [4.78, 5) is 13.7. The second-order valence-electron chi connectivity index (χ2n) is 3.52. The molecule has 0 bridgehead atoms. The molecular weight excluding hydrogens is 229 g/mol. The van der Waals surface area contributed by atoms with Crippen LogP contribution in [-0.4, -0.2) is 4.98 Å². The molecule has 0 aliphatic heterocycles. The summed E-state index contributed by atoms with van der Waals surface area (Å²) in [6.45, 7) is 1.70. The predicted molar refractivity (Wildman–Crippen MR) is 62.2 cm³/mol. The van der Waals surface area contributed by atoms with E-state index in [2.05, 4.69) is 4.98 Å². The number of aryl methyl sites for hydroxylation is 1. The van der Waals surface area contributed by atoms with Crippen molar-refractivity contribution in [3.63, 3.8) is 0 Å². The van der Waals surface area contributed by atoms with Gasteiger partial charge in [-0.1, -0.05) is 23.7 Å². The van der Waals surface area contributed by atoms with Crippen molar-refractivity contribution in [2.45, 2.75) is 6.92 Å². The lowest BCUT2D eigenvalue weighted by molar-refractivity contribution is 0.611. The van der Waals surface area contributed by atoms with Crippen molar-refractivity contribution in [3.8, 4) is 11.1 Å². The molecule has 0 atom stereocenters. The van der Waals surface area contributed by atoms with E-state index < -0.39 is 11.4 Å². The summed E-state index contributed by atoms with van der Waals surface area (Å²) in [7, 11) is 0. The second kappa shape index (κ2) is 4.10. The maximum Gasteiger partial charge on any atom is 0.284 e. The lowest BCUT2D eigenvalue weighted by atomic mass is 10.1. The summed E-state index contributed by atoms with van der Waals surface area (Å²) in [6, 6.07) is 8.33. The summed E-state index contributed by atoms with van der Waals surface area (Å²) < 4.78 is 13.6. The monoisotopic (exact) mass is 237 g/mol. The molecule has 1 aromatic heterocycles. The average molecular weight is 238 g/mol. The van der Waals surface area contributed by atoms with Gasteiger partial charge in [-0.3, -0.25) is 4.79 Å². The molecule has 16 heavy (non-hydrogen) atoms. The summed E-state index contributed by atoms with van der Waals surface area (Å²) in [5.74, 6) is -0.784. The first-order chi connectivity index (χ1) is 7.58. The molecule has 0 aliphatic rings. The van der Waals surface area contributed by atoms with Crippen LogP contribution in [0.4, 0.5) is 4.39 Å². The molecule has 2 aromatic rings. The van der Waals surface area contributed by atoms with Gasteiger partial charge in [0.1, 0.15) is 0 Å². The molecule has 82 valence electrons. The van der Waals surface area contributed by atoms with Crippen molar-refractivity contribution >= 4 is 11.6 Å². The molecule has 0 spiro atoms. The molecule has 4 heteroatoms. The fraction of sp³-hybridized carbons (Fsp3) is 0.0833. The van der Waals surface area contributed by atoms with E-state index in [0.29, 0.717) is 16.3 Å². The first-order valence-electron chi connectivity index (χ1n) is 4.73. The van der Waals surface area contributed by atoms with Crippen LogP contribution in [-0.2, 0) is 0 Å². The molecule has 1 heterocycles. The first-order valence-corrected chi connectivity index (χ1v) is 5.11. The highest BCUT2D eigenvalue weighted by atomic mass is 35.5. The Morgan fingerprint density at radius 3 is 2.75 bits per heavy atom. The summed E-state index contributed by atoms with van der Waals surface area (Å²) in [5, 5.41) is 0.509. The quantitative estimate of drug-likeness (QED) is 0.812. The number of nitrogens with one attached hydrogen (secondary N) is 1. The van der Waals surface area contributed by atoms with Gasteiger partial charge in [0.15, 0.2) is 5.82 Å². The number of aromatic nitrogens is 1. The van der Waals surface area contributed by atoms with Crippen LogP contribution in [0.3, 0.4) is 0 Å². The highest BCUT2D eigenvalue weighted by Crippen LogP contribution is 2.23. The number of H-pyrrole nitrogens is 1. The van der Waals surface area contributed by atoms with Crippen LogP contribution >= 0.6 is 11.6 Å². The molecule has 1 N–H and O–H groups in total. The molecule has 0 fully saturated rings. The van der Waals surface area contributed by atoms with E-state index in [1.54, 1.807) is 37.3 Å². The number of halogens is 2. The molecule has 0 aliphatic carbocycles. The molecule has 0 saturated carbocycles. The van der Waals surface area contributed by atoms with Gasteiger partial charge in [0.2, 0.25) is 0 Å². The minimum Gasteiger partial charge on any atom is -0.324 e. The zero-order valence-electron chi connectivity index (χ0n) is 8.55. The van der Waals surface area contributed by atoms with Gasteiger partial charge in [0, 0.05) is 16.3 Å². The Morgan fingerprint density at radius 2 is 2.06 bits per heavy atom. The minimum absolute atomic E-state index is 0.267. The highest BCUT2D eigenvalue weighted by Gasteiger charge is 2.09. The van der Waals surface area contributed by atoms with E-state index in [-0.39, 0.29) is 5.56 Å². The van der Waals surface area contributed by atoms with Gasteiger partial charge < -0.3 is 4.98 Å². The topological polar surface area (TPSA) is 32.9 Å². The number of rotatable bonds is 1. The predicted octanol–water partition coefficient (Wildman–Crippen LogP) is 3.14. The second-order valence-corrected chi connectivity index (χ2v) is 3.96. The Balaban J connectivity index is 2.69. The number of pyridine rings is 1. The van der Waals surface area contributed by atoms with Gasteiger partial charge in [0.25, 0.3) is 5.56 Å². The van der Waals surface area contributed by atoms with Crippen molar-refractivity contribution < 1.29 is 4.39 Å². The molecule has 2 rings (SSSR count). The molecule has 1 aromatic carbocycles. The Bertz CT molecular complexity index is 592. The van der Waals surface area contributed by atoms with Crippen molar-refractivity contribution in [1.29, 1.82) is 0 Å². The van der Waals surface area contributed by atoms with Gasteiger partial charge in [-0.25, -0.2) is 4.39 Å². The number of hydrogen-bond donors (Lipinski definition) is 1. The smallest absolute Gasteiger partial charge is 0.284 e. The Hall–Kier alpha value is -1.61. The molecule has 2 nitrogen and oxygen atoms in total.